The molecule has 114 valence electrons. The first-order valence-electron chi connectivity index (χ1n) is 6.63. The van der Waals surface area contributed by atoms with Crippen LogP contribution in [-0.4, -0.2) is 18.7 Å². The van der Waals surface area contributed by atoms with Gasteiger partial charge in [0.05, 0.1) is 12.8 Å². The summed E-state index contributed by atoms with van der Waals surface area (Å²) in [7, 11) is 0. The summed E-state index contributed by atoms with van der Waals surface area (Å²) in [6.07, 6.45) is 1.28. The van der Waals surface area contributed by atoms with Crippen molar-refractivity contribution in [2.24, 2.45) is 5.10 Å². The molecule has 0 unspecified atom stereocenters. The number of amides is 1. The van der Waals surface area contributed by atoms with Crippen LogP contribution in [0.3, 0.4) is 0 Å². The van der Waals surface area contributed by atoms with Gasteiger partial charge in [0.1, 0.15) is 5.82 Å². The second-order valence-corrected chi connectivity index (χ2v) is 5.87. The van der Waals surface area contributed by atoms with Gasteiger partial charge in [0.25, 0.3) is 5.91 Å². The monoisotopic (exact) mass is 411 g/mol. The maximum absolute atomic E-state index is 13.3. The molecule has 0 aliphatic carbocycles. The summed E-state index contributed by atoms with van der Waals surface area (Å²) in [5.74, 6) is -0.682. The lowest BCUT2D eigenvalue weighted by molar-refractivity contribution is -0.119. The zero-order valence-electron chi connectivity index (χ0n) is 11.9. The molecule has 2 aromatic carbocycles. The number of nitrogens with one attached hydrogen (secondary N) is 2. The fourth-order valence-electron chi connectivity index (χ4n) is 1.79. The highest BCUT2D eigenvalue weighted by Crippen LogP contribution is 2.17. The third-order valence-corrected chi connectivity index (χ3v) is 3.60. The lowest BCUT2D eigenvalue weighted by Gasteiger charge is -2.08. The first-order valence-corrected chi connectivity index (χ1v) is 7.70. The minimum absolute atomic E-state index is 0.0933. The molecule has 0 radical (unpaired) electrons. The van der Waals surface area contributed by atoms with Gasteiger partial charge in [-0.25, -0.2) is 9.82 Å². The maximum Gasteiger partial charge on any atom is 0.259 e. The van der Waals surface area contributed by atoms with Crippen LogP contribution in [0, 0.1) is 16.3 Å². The van der Waals surface area contributed by atoms with Crippen molar-refractivity contribution >= 4 is 40.4 Å². The van der Waals surface area contributed by atoms with Crippen molar-refractivity contribution in [2.45, 2.75) is 6.92 Å². The van der Waals surface area contributed by atoms with Crippen LogP contribution >= 0.6 is 22.6 Å². The van der Waals surface area contributed by atoms with E-state index in [0.29, 0.717) is 5.56 Å². The zero-order chi connectivity index (χ0) is 15.9. The van der Waals surface area contributed by atoms with Gasteiger partial charge in [0, 0.05) is 14.8 Å². The molecule has 1 amide bonds. The van der Waals surface area contributed by atoms with Crippen molar-refractivity contribution in [2.75, 3.05) is 11.9 Å². The quantitative estimate of drug-likeness (QED) is 0.451. The third-order valence-electron chi connectivity index (χ3n) is 2.93. The Morgan fingerprint density at radius 1 is 1.32 bits per heavy atom. The van der Waals surface area contributed by atoms with Crippen LogP contribution in [0.15, 0.2) is 47.6 Å². The molecule has 0 atom stereocenters. The molecule has 0 saturated carbocycles. The van der Waals surface area contributed by atoms with Crippen LogP contribution in [0.25, 0.3) is 0 Å². The van der Waals surface area contributed by atoms with E-state index < -0.39 is 0 Å². The Morgan fingerprint density at radius 3 is 2.82 bits per heavy atom. The molecule has 0 aliphatic rings. The summed E-state index contributed by atoms with van der Waals surface area (Å²) in [6, 6.07) is 12.1. The Kier molecular flexibility index (Phi) is 5.88. The standard InChI is InChI=1S/C16H15FIN3O/c1-11-8-13(18)6-7-15(11)19-10-16(22)21-20-9-12-4-2-3-5-14(12)17/h2-9,19H,10H2,1H3,(H,21,22). The highest BCUT2D eigenvalue weighted by molar-refractivity contribution is 14.1. The SMILES string of the molecule is Cc1cc(I)ccc1NCC(=O)NN=Cc1ccccc1F. The summed E-state index contributed by atoms with van der Waals surface area (Å²) in [5, 5.41) is 6.78. The van der Waals surface area contributed by atoms with Gasteiger partial charge >= 0.3 is 0 Å². The third kappa shape index (κ3) is 4.80. The van der Waals surface area contributed by atoms with Crippen molar-refractivity contribution in [3.8, 4) is 0 Å². The number of nitrogens with zero attached hydrogens (tertiary/aromatic N) is 1. The van der Waals surface area contributed by atoms with Gasteiger partial charge in [-0.3, -0.25) is 4.79 Å². The van der Waals surface area contributed by atoms with Gasteiger partial charge in [-0.1, -0.05) is 18.2 Å². The number of hydrogen-bond acceptors (Lipinski definition) is 3. The smallest absolute Gasteiger partial charge is 0.259 e. The second-order valence-electron chi connectivity index (χ2n) is 4.63. The molecule has 4 nitrogen and oxygen atoms in total. The molecule has 0 saturated heterocycles. The van der Waals surface area contributed by atoms with Crippen LogP contribution in [0.1, 0.15) is 11.1 Å². The normalized spacial score (nSPS) is 10.7. The predicted octanol–water partition coefficient (Wildman–Crippen LogP) is 3.30. The highest BCUT2D eigenvalue weighted by atomic mass is 127. The molecule has 0 heterocycles. The van der Waals surface area contributed by atoms with E-state index >= 15 is 0 Å². The number of carbonyl (C=O) groups is 1. The summed E-state index contributed by atoms with van der Waals surface area (Å²) in [5.41, 5.74) is 4.64. The summed E-state index contributed by atoms with van der Waals surface area (Å²) >= 11 is 2.23. The van der Waals surface area contributed by atoms with E-state index in [0.717, 1.165) is 14.8 Å². The Morgan fingerprint density at radius 2 is 2.09 bits per heavy atom. The Bertz CT molecular complexity index is 704. The Labute approximate surface area is 142 Å². The zero-order valence-corrected chi connectivity index (χ0v) is 14.1. The highest BCUT2D eigenvalue weighted by Gasteiger charge is 2.02. The summed E-state index contributed by atoms with van der Waals surface area (Å²) < 4.78 is 14.5. The fraction of sp³-hybridized carbons (Fsp3) is 0.125. The molecule has 0 bridgehead atoms. The molecule has 22 heavy (non-hydrogen) atoms. The van der Waals surface area contributed by atoms with Gasteiger partial charge < -0.3 is 5.32 Å². The van der Waals surface area contributed by atoms with E-state index in [4.69, 9.17) is 0 Å². The molecule has 0 aromatic heterocycles. The lowest BCUT2D eigenvalue weighted by atomic mass is 10.2. The first kappa shape index (κ1) is 16.4. The van der Waals surface area contributed by atoms with Crippen molar-refractivity contribution < 1.29 is 9.18 Å². The maximum atomic E-state index is 13.3. The van der Waals surface area contributed by atoms with E-state index in [2.05, 4.69) is 38.4 Å². The van der Waals surface area contributed by atoms with E-state index in [9.17, 15) is 9.18 Å². The molecule has 0 aliphatic heterocycles. The van der Waals surface area contributed by atoms with Crippen molar-refractivity contribution in [1.29, 1.82) is 0 Å². The number of rotatable bonds is 5. The minimum Gasteiger partial charge on any atom is -0.376 e. The number of aryl methyl sites for hydroxylation is 1. The average Bonchev–Trinajstić information content (AvgIpc) is 2.48. The molecule has 2 aromatic rings. The van der Waals surface area contributed by atoms with Crippen LogP contribution < -0.4 is 10.7 Å². The number of halogens is 2. The van der Waals surface area contributed by atoms with Crippen molar-refractivity contribution in [3.05, 3.63) is 63.0 Å². The van der Waals surface area contributed by atoms with Gasteiger partial charge in [0.2, 0.25) is 0 Å². The summed E-state index contributed by atoms with van der Waals surface area (Å²) in [4.78, 5) is 11.7. The molecule has 2 rings (SSSR count). The molecular formula is C16H15FIN3O. The van der Waals surface area contributed by atoms with E-state index in [1.165, 1.54) is 12.3 Å². The van der Waals surface area contributed by atoms with Gasteiger partial charge in [-0.2, -0.15) is 5.10 Å². The number of hydrazone groups is 1. The van der Waals surface area contributed by atoms with Gasteiger partial charge in [-0.15, -0.1) is 0 Å². The van der Waals surface area contributed by atoms with Crippen LogP contribution in [0.2, 0.25) is 0 Å². The topological polar surface area (TPSA) is 53.5 Å². The van der Waals surface area contributed by atoms with E-state index in [1.54, 1.807) is 18.2 Å². The second kappa shape index (κ2) is 7.88. The van der Waals surface area contributed by atoms with Gasteiger partial charge in [-0.05, 0) is 59.3 Å². The molecule has 0 spiro atoms. The number of benzene rings is 2. The van der Waals surface area contributed by atoms with Crippen LogP contribution in [0.4, 0.5) is 10.1 Å². The van der Waals surface area contributed by atoms with Crippen LogP contribution in [-0.2, 0) is 4.79 Å². The van der Waals surface area contributed by atoms with Gasteiger partial charge in [0.15, 0.2) is 0 Å². The largest absolute Gasteiger partial charge is 0.376 e. The molecule has 6 heteroatoms. The predicted molar refractivity (Wildman–Crippen MR) is 94.5 cm³/mol. The van der Waals surface area contributed by atoms with Crippen molar-refractivity contribution in [3.63, 3.8) is 0 Å². The summed E-state index contributed by atoms with van der Waals surface area (Å²) in [6.45, 7) is 2.06. The minimum atomic E-state index is -0.381. The molecular weight excluding hydrogens is 396 g/mol. The molecule has 0 fully saturated rings. The Hall–Kier alpha value is -1.96. The number of hydrogen-bond donors (Lipinski definition) is 2. The van der Waals surface area contributed by atoms with Crippen LogP contribution in [0.5, 0.6) is 0 Å². The average molecular weight is 411 g/mol. The van der Waals surface area contributed by atoms with Crippen molar-refractivity contribution in [1.82, 2.24) is 5.43 Å². The first-order chi connectivity index (χ1) is 10.6. The lowest BCUT2D eigenvalue weighted by Crippen LogP contribution is -2.26. The fourth-order valence-corrected chi connectivity index (χ4v) is 2.44. The Balaban J connectivity index is 1.84. The molecule has 2 N–H and O–H groups in total. The number of anilines is 1. The number of carbonyl (C=O) groups excluding carboxylic acids is 1. The van der Waals surface area contributed by atoms with E-state index in [-0.39, 0.29) is 18.3 Å². The van der Waals surface area contributed by atoms with E-state index in [1.807, 2.05) is 25.1 Å².